The molecule has 1 heterocycles. The van der Waals surface area contributed by atoms with Gasteiger partial charge in [-0.25, -0.2) is 0 Å². The van der Waals surface area contributed by atoms with Crippen LogP contribution in [0.5, 0.6) is 0 Å². The van der Waals surface area contributed by atoms with Crippen molar-refractivity contribution >= 4 is 5.91 Å². The van der Waals surface area contributed by atoms with Crippen molar-refractivity contribution in [1.29, 1.82) is 0 Å². The van der Waals surface area contributed by atoms with Crippen LogP contribution in [-0.2, 0) is 4.79 Å². The number of likely N-dealkylation sites (tertiary alicyclic amines) is 1. The Balaban J connectivity index is 2.40. The van der Waals surface area contributed by atoms with Gasteiger partial charge in [0, 0.05) is 19.5 Å². The van der Waals surface area contributed by atoms with Crippen molar-refractivity contribution in [3.05, 3.63) is 0 Å². The first-order valence-corrected chi connectivity index (χ1v) is 5.67. The van der Waals surface area contributed by atoms with Crippen molar-refractivity contribution < 1.29 is 4.79 Å². The van der Waals surface area contributed by atoms with Gasteiger partial charge < -0.3 is 4.90 Å². The molecular weight excluding hydrogens is 174 g/mol. The summed E-state index contributed by atoms with van der Waals surface area (Å²) in [6.07, 6.45) is 4.77. The quantitative estimate of drug-likeness (QED) is 0.666. The number of carbonyl (C=O) groups excluding carboxylic acids is 1. The predicted molar refractivity (Wildman–Crippen MR) is 59.1 cm³/mol. The number of rotatable bonds is 2. The van der Waals surface area contributed by atoms with Crippen molar-refractivity contribution in [2.75, 3.05) is 6.54 Å². The van der Waals surface area contributed by atoms with E-state index in [0.29, 0.717) is 11.5 Å². The summed E-state index contributed by atoms with van der Waals surface area (Å²) < 4.78 is 0. The molecule has 2 nitrogen and oxygen atoms in total. The Morgan fingerprint density at radius 3 is 2.57 bits per heavy atom. The molecule has 0 aromatic rings. The Morgan fingerprint density at radius 1 is 1.43 bits per heavy atom. The minimum Gasteiger partial charge on any atom is -0.340 e. The van der Waals surface area contributed by atoms with Crippen LogP contribution in [0.15, 0.2) is 0 Å². The molecule has 1 amide bonds. The molecule has 0 aromatic heterocycles. The zero-order chi connectivity index (χ0) is 10.8. The van der Waals surface area contributed by atoms with Gasteiger partial charge in [-0.15, -0.1) is 0 Å². The first-order valence-electron chi connectivity index (χ1n) is 5.67. The highest BCUT2D eigenvalue weighted by molar-refractivity contribution is 5.73. The molecule has 0 N–H and O–H groups in total. The van der Waals surface area contributed by atoms with E-state index in [-0.39, 0.29) is 5.91 Å². The van der Waals surface area contributed by atoms with Crippen molar-refractivity contribution in [2.45, 2.75) is 59.4 Å². The summed E-state index contributed by atoms with van der Waals surface area (Å²) in [6, 6.07) is 0.520. The average molecular weight is 197 g/mol. The molecule has 1 saturated heterocycles. The lowest BCUT2D eigenvalue weighted by atomic mass is 9.88. The van der Waals surface area contributed by atoms with Gasteiger partial charge in [0.1, 0.15) is 0 Å². The average Bonchev–Trinajstić information content (AvgIpc) is 2.46. The van der Waals surface area contributed by atoms with Crippen molar-refractivity contribution in [2.24, 2.45) is 5.41 Å². The molecule has 1 fully saturated rings. The van der Waals surface area contributed by atoms with Crippen LogP contribution < -0.4 is 0 Å². The van der Waals surface area contributed by atoms with Gasteiger partial charge in [-0.2, -0.15) is 0 Å². The summed E-state index contributed by atoms with van der Waals surface area (Å²) in [5.41, 5.74) is 0.394. The maximum atomic E-state index is 11.3. The molecule has 14 heavy (non-hydrogen) atoms. The van der Waals surface area contributed by atoms with E-state index in [1.807, 2.05) is 4.90 Å². The second kappa shape index (κ2) is 4.33. The molecule has 1 aliphatic heterocycles. The van der Waals surface area contributed by atoms with Crippen molar-refractivity contribution in [3.63, 3.8) is 0 Å². The van der Waals surface area contributed by atoms with Crippen molar-refractivity contribution in [1.82, 2.24) is 4.90 Å². The molecule has 0 saturated carbocycles. The van der Waals surface area contributed by atoms with Gasteiger partial charge >= 0.3 is 0 Å². The van der Waals surface area contributed by atoms with Gasteiger partial charge in [0.15, 0.2) is 0 Å². The SMILES string of the molecule is CC(=O)N1CCC[C@@H]1CCC(C)(C)C. The van der Waals surface area contributed by atoms with Gasteiger partial charge in [-0.05, 0) is 31.1 Å². The van der Waals surface area contributed by atoms with E-state index >= 15 is 0 Å². The molecule has 1 atom stereocenters. The highest BCUT2D eigenvalue weighted by atomic mass is 16.2. The van der Waals surface area contributed by atoms with Crippen LogP contribution >= 0.6 is 0 Å². The van der Waals surface area contributed by atoms with E-state index in [1.165, 1.54) is 25.7 Å². The molecular formula is C12H23NO. The molecule has 82 valence electrons. The first kappa shape index (κ1) is 11.5. The lowest BCUT2D eigenvalue weighted by Gasteiger charge is -2.26. The third kappa shape index (κ3) is 3.32. The number of nitrogens with zero attached hydrogens (tertiary/aromatic N) is 1. The van der Waals surface area contributed by atoms with Crippen LogP contribution in [0.25, 0.3) is 0 Å². The van der Waals surface area contributed by atoms with Gasteiger partial charge in [-0.1, -0.05) is 20.8 Å². The summed E-state index contributed by atoms with van der Waals surface area (Å²) in [5.74, 6) is 0.251. The maximum Gasteiger partial charge on any atom is 0.219 e. The largest absolute Gasteiger partial charge is 0.340 e. The summed E-state index contributed by atoms with van der Waals surface area (Å²) in [7, 11) is 0. The third-order valence-electron chi connectivity index (χ3n) is 3.01. The molecule has 0 aromatic carbocycles. The topological polar surface area (TPSA) is 20.3 Å². The Hall–Kier alpha value is -0.530. The molecule has 0 aliphatic carbocycles. The van der Waals surface area contributed by atoms with E-state index in [9.17, 15) is 4.79 Å². The molecule has 1 rings (SSSR count). The van der Waals surface area contributed by atoms with Gasteiger partial charge in [0.05, 0.1) is 0 Å². The summed E-state index contributed by atoms with van der Waals surface area (Å²) >= 11 is 0. The molecule has 0 spiro atoms. The zero-order valence-corrected chi connectivity index (χ0v) is 9.97. The van der Waals surface area contributed by atoms with E-state index in [0.717, 1.165) is 6.54 Å². The molecule has 0 bridgehead atoms. The Bertz CT molecular complexity index is 205. The van der Waals surface area contributed by atoms with E-state index in [4.69, 9.17) is 0 Å². The Kier molecular flexibility index (Phi) is 3.57. The van der Waals surface area contributed by atoms with Crippen LogP contribution in [0.1, 0.15) is 53.4 Å². The van der Waals surface area contributed by atoms with E-state index in [2.05, 4.69) is 20.8 Å². The van der Waals surface area contributed by atoms with Crippen LogP contribution in [0.4, 0.5) is 0 Å². The van der Waals surface area contributed by atoms with Crippen LogP contribution in [0.3, 0.4) is 0 Å². The first-order chi connectivity index (χ1) is 6.40. The van der Waals surface area contributed by atoms with E-state index < -0.39 is 0 Å². The monoisotopic (exact) mass is 197 g/mol. The number of carbonyl (C=O) groups is 1. The minimum absolute atomic E-state index is 0.251. The van der Waals surface area contributed by atoms with Gasteiger partial charge in [-0.3, -0.25) is 4.79 Å². The number of hydrogen-bond acceptors (Lipinski definition) is 1. The van der Waals surface area contributed by atoms with Crippen LogP contribution in [0.2, 0.25) is 0 Å². The molecule has 2 heteroatoms. The molecule has 0 unspecified atom stereocenters. The normalized spacial score (nSPS) is 22.9. The zero-order valence-electron chi connectivity index (χ0n) is 9.97. The van der Waals surface area contributed by atoms with Crippen molar-refractivity contribution in [3.8, 4) is 0 Å². The second-order valence-electron chi connectivity index (χ2n) is 5.61. The molecule has 0 radical (unpaired) electrons. The van der Waals surface area contributed by atoms with Gasteiger partial charge in [0.2, 0.25) is 5.91 Å². The fourth-order valence-corrected chi connectivity index (χ4v) is 2.15. The Labute approximate surface area is 87.7 Å². The summed E-state index contributed by atoms with van der Waals surface area (Å²) in [6.45, 7) is 9.46. The number of hydrogen-bond donors (Lipinski definition) is 0. The lowest BCUT2D eigenvalue weighted by Crippen LogP contribution is -2.34. The van der Waals surface area contributed by atoms with Crippen LogP contribution in [-0.4, -0.2) is 23.4 Å². The fourth-order valence-electron chi connectivity index (χ4n) is 2.15. The smallest absolute Gasteiger partial charge is 0.219 e. The highest BCUT2D eigenvalue weighted by Gasteiger charge is 2.27. The Morgan fingerprint density at radius 2 is 2.07 bits per heavy atom. The third-order valence-corrected chi connectivity index (χ3v) is 3.01. The fraction of sp³-hybridized carbons (Fsp3) is 0.917. The summed E-state index contributed by atoms with van der Waals surface area (Å²) in [5, 5.41) is 0. The van der Waals surface area contributed by atoms with Crippen LogP contribution in [0, 0.1) is 5.41 Å². The molecule has 1 aliphatic rings. The predicted octanol–water partition coefficient (Wildman–Crippen LogP) is 2.82. The maximum absolute atomic E-state index is 11.3. The standard InChI is InChI=1S/C12H23NO/c1-10(14)13-9-5-6-11(13)7-8-12(2,3)4/h11H,5-9H2,1-4H3/t11-/m1/s1. The number of amides is 1. The lowest BCUT2D eigenvalue weighted by molar-refractivity contribution is -0.129. The summed E-state index contributed by atoms with van der Waals surface area (Å²) in [4.78, 5) is 13.4. The van der Waals surface area contributed by atoms with Gasteiger partial charge in [0.25, 0.3) is 0 Å². The minimum atomic E-state index is 0.251. The van der Waals surface area contributed by atoms with E-state index in [1.54, 1.807) is 6.92 Å². The highest BCUT2D eigenvalue weighted by Crippen LogP contribution is 2.27. The second-order valence-corrected chi connectivity index (χ2v) is 5.61.